The first-order chi connectivity index (χ1) is 10.7. The molecule has 6 heteroatoms. The molecule has 0 spiro atoms. The van der Waals surface area contributed by atoms with Crippen molar-refractivity contribution in [3.63, 3.8) is 0 Å². The van der Waals surface area contributed by atoms with Gasteiger partial charge in [0.05, 0.1) is 18.8 Å². The number of esters is 1. The summed E-state index contributed by atoms with van der Waals surface area (Å²) in [5.74, 6) is 1.67. The van der Waals surface area contributed by atoms with Gasteiger partial charge in [0.15, 0.2) is 5.96 Å². The van der Waals surface area contributed by atoms with E-state index in [1.54, 1.807) is 6.26 Å². The van der Waals surface area contributed by atoms with Crippen molar-refractivity contribution in [2.24, 2.45) is 10.9 Å². The minimum atomic E-state index is -0.0697. The van der Waals surface area contributed by atoms with Gasteiger partial charge in [-0.2, -0.15) is 0 Å². The van der Waals surface area contributed by atoms with Crippen LogP contribution in [0.15, 0.2) is 27.8 Å². The highest BCUT2D eigenvalue weighted by atomic mass is 16.5. The Hall–Kier alpha value is -1.98. The molecule has 2 heterocycles. The number of likely N-dealkylation sites (tertiary alicyclic amines) is 1. The zero-order valence-electron chi connectivity index (χ0n) is 13.4. The molecular formula is C16H25N3O3. The third-order valence-electron chi connectivity index (χ3n) is 3.71. The predicted molar refractivity (Wildman–Crippen MR) is 84.5 cm³/mol. The van der Waals surface area contributed by atoms with E-state index in [1.807, 2.05) is 26.0 Å². The summed E-state index contributed by atoms with van der Waals surface area (Å²) in [6, 6.07) is 3.78. The lowest BCUT2D eigenvalue weighted by molar-refractivity contribution is -0.149. The number of carbonyl (C=O) groups is 1. The summed E-state index contributed by atoms with van der Waals surface area (Å²) in [6.07, 6.45) is 3.27. The Labute approximate surface area is 131 Å². The fourth-order valence-electron chi connectivity index (χ4n) is 2.57. The minimum absolute atomic E-state index is 0.0177. The van der Waals surface area contributed by atoms with E-state index in [2.05, 4.69) is 15.2 Å². The van der Waals surface area contributed by atoms with E-state index in [-0.39, 0.29) is 11.9 Å². The lowest BCUT2D eigenvalue weighted by atomic mass is 9.97. The van der Waals surface area contributed by atoms with Crippen LogP contribution in [0.4, 0.5) is 0 Å². The van der Waals surface area contributed by atoms with Gasteiger partial charge >= 0.3 is 5.97 Å². The van der Waals surface area contributed by atoms with Crippen molar-refractivity contribution < 1.29 is 13.9 Å². The SMILES string of the molecule is CCNC(=NCc1ccco1)N1CCC(C(=O)OCC)CC1. The molecule has 122 valence electrons. The predicted octanol–water partition coefficient (Wildman–Crippen LogP) is 2.02. The monoisotopic (exact) mass is 307 g/mol. The van der Waals surface area contributed by atoms with Gasteiger partial charge in [-0.15, -0.1) is 0 Å². The van der Waals surface area contributed by atoms with Gasteiger partial charge in [0.1, 0.15) is 12.3 Å². The number of ether oxygens (including phenoxy) is 1. The van der Waals surface area contributed by atoms with Crippen molar-refractivity contribution in [3.8, 4) is 0 Å². The van der Waals surface area contributed by atoms with E-state index in [0.29, 0.717) is 13.2 Å². The molecule has 0 radical (unpaired) electrons. The molecule has 22 heavy (non-hydrogen) atoms. The molecular weight excluding hydrogens is 282 g/mol. The van der Waals surface area contributed by atoms with Crippen LogP contribution in [0.25, 0.3) is 0 Å². The molecule has 0 aliphatic carbocycles. The van der Waals surface area contributed by atoms with Gasteiger partial charge in [0, 0.05) is 19.6 Å². The Balaban J connectivity index is 1.90. The maximum Gasteiger partial charge on any atom is 0.309 e. The van der Waals surface area contributed by atoms with E-state index < -0.39 is 0 Å². The van der Waals surface area contributed by atoms with Gasteiger partial charge < -0.3 is 19.4 Å². The second-order valence-corrected chi connectivity index (χ2v) is 5.26. The van der Waals surface area contributed by atoms with E-state index in [1.165, 1.54) is 0 Å². The molecule has 1 aliphatic heterocycles. The van der Waals surface area contributed by atoms with Crippen LogP contribution in [-0.2, 0) is 16.1 Å². The maximum absolute atomic E-state index is 11.8. The highest BCUT2D eigenvalue weighted by Crippen LogP contribution is 2.19. The van der Waals surface area contributed by atoms with Crippen LogP contribution < -0.4 is 5.32 Å². The highest BCUT2D eigenvalue weighted by molar-refractivity contribution is 5.80. The summed E-state index contributed by atoms with van der Waals surface area (Å²) >= 11 is 0. The fraction of sp³-hybridized carbons (Fsp3) is 0.625. The maximum atomic E-state index is 11.8. The van der Waals surface area contributed by atoms with Gasteiger partial charge in [-0.05, 0) is 38.8 Å². The number of hydrogen-bond acceptors (Lipinski definition) is 4. The quantitative estimate of drug-likeness (QED) is 0.512. The normalized spacial score (nSPS) is 16.6. The van der Waals surface area contributed by atoms with Crippen molar-refractivity contribution in [1.29, 1.82) is 0 Å². The molecule has 0 aromatic carbocycles. The molecule has 6 nitrogen and oxygen atoms in total. The van der Waals surface area contributed by atoms with E-state index in [9.17, 15) is 4.79 Å². The highest BCUT2D eigenvalue weighted by Gasteiger charge is 2.27. The minimum Gasteiger partial charge on any atom is -0.467 e. The first-order valence-electron chi connectivity index (χ1n) is 7.96. The Morgan fingerprint density at radius 2 is 2.23 bits per heavy atom. The summed E-state index contributed by atoms with van der Waals surface area (Å²) in [5, 5.41) is 3.30. The van der Waals surface area contributed by atoms with Gasteiger partial charge in [0.2, 0.25) is 0 Å². The van der Waals surface area contributed by atoms with E-state index in [0.717, 1.165) is 44.2 Å². The zero-order chi connectivity index (χ0) is 15.8. The number of carbonyl (C=O) groups excluding carboxylic acids is 1. The number of nitrogens with zero attached hydrogens (tertiary/aromatic N) is 2. The number of guanidine groups is 1. The molecule has 0 bridgehead atoms. The molecule has 1 fully saturated rings. The van der Waals surface area contributed by atoms with Crippen LogP contribution in [0.3, 0.4) is 0 Å². The van der Waals surface area contributed by atoms with Gasteiger partial charge in [0.25, 0.3) is 0 Å². The molecule has 2 rings (SSSR count). The number of aliphatic imine (C=N–C) groups is 1. The summed E-state index contributed by atoms with van der Waals surface area (Å²) in [5.41, 5.74) is 0. The Morgan fingerprint density at radius 1 is 1.45 bits per heavy atom. The van der Waals surface area contributed by atoms with Gasteiger partial charge in [-0.3, -0.25) is 4.79 Å². The summed E-state index contributed by atoms with van der Waals surface area (Å²) in [7, 11) is 0. The molecule has 0 atom stereocenters. The summed E-state index contributed by atoms with van der Waals surface area (Å²) in [6.45, 7) is 7.31. The van der Waals surface area contributed by atoms with E-state index in [4.69, 9.17) is 9.15 Å². The average molecular weight is 307 g/mol. The standard InChI is InChI=1S/C16H25N3O3/c1-3-17-16(18-12-14-6-5-11-22-14)19-9-7-13(8-10-19)15(20)21-4-2/h5-6,11,13H,3-4,7-10,12H2,1-2H3,(H,17,18). The molecule has 1 aromatic rings. The molecule has 1 saturated heterocycles. The second-order valence-electron chi connectivity index (χ2n) is 5.26. The van der Waals surface area contributed by atoms with Gasteiger partial charge in [-0.25, -0.2) is 4.99 Å². The van der Waals surface area contributed by atoms with Crippen molar-refractivity contribution >= 4 is 11.9 Å². The fourth-order valence-corrected chi connectivity index (χ4v) is 2.57. The van der Waals surface area contributed by atoms with Crippen molar-refractivity contribution in [2.75, 3.05) is 26.2 Å². The van der Waals surface area contributed by atoms with Crippen LogP contribution in [0.5, 0.6) is 0 Å². The molecule has 0 unspecified atom stereocenters. The van der Waals surface area contributed by atoms with E-state index >= 15 is 0 Å². The number of hydrogen-bond donors (Lipinski definition) is 1. The summed E-state index contributed by atoms with van der Waals surface area (Å²) < 4.78 is 10.4. The van der Waals surface area contributed by atoms with Crippen LogP contribution in [0, 0.1) is 5.92 Å². The summed E-state index contributed by atoms with van der Waals surface area (Å²) in [4.78, 5) is 18.6. The molecule has 1 N–H and O–H groups in total. The van der Waals surface area contributed by atoms with Crippen molar-refractivity contribution in [2.45, 2.75) is 33.2 Å². The Kier molecular flexibility index (Phi) is 6.30. The lowest BCUT2D eigenvalue weighted by Crippen LogP contribution is -2.46. The van der Waals surface area contributed by atoms with Crippen LogP contribution in [0.2, 0.25) is 0 Å². The van der Waals surface area contributed by atoms with Crippen LogP contribution >= 0.6 is 0 Å². The van der Waals surface area contributed by atoms with Crippen molar-refractivity contribution in [3.05, 3.63) is 24.2 Å². The third kappa shape index (κ3) is 4.51. The molecule has 1 aromatic heterocycles. The van der Waals surface area contributed by atoms with Crippen molar-refractivity contribution in [1.82, 2.24) is 10.2 Å². The second kappa shape index (κ2) is 8.46. The molecule has 0 saturated carbocycles. The van der Waals surface area contributed by atoms with Crippen LogP contribution in [0.1, 0.15) is 32.4 Å². The smallest absolute Gasteiger partial charge is 0.309 e. The largest absolute Gasteiger partial charge is 0.467 e. The molecule has 1 aliphatic rings. The number of rotatable bonds is 5. The average Bonchev–Trinajstić information content (AvgIpc) is 3.05. The van der Waals surface area contributed by atoms with Gasteiger partial charge in [-0.1, -0.05) is 0 Å². The topological polar surface area (TPSA) is 67.1 Å². The number of piperidine rings is 1. The first-order valence-corrected chi connectivity index (χ1v) is 7.96. The van der Waals surface area contributed by atoms with Crippen LogP contribution in [-0.4, -0.2) is 43.1 Å². The molecule has 0 amide bonds. The zero-order valence-corrected chi connectivity index (χ0v) is 13.4. The Bertz CT molecular complexity index is 477. The third-order valence-corrected chi connectivity index (χ3v) is 3.71. The Morgan fingerprint density at radius 3 is 2.82 bits per heavy atom. The number of nitrogens with one attached hydrogen (secondary N) is 1. The lowest BCUT2D eigenvalue weighted by Gasteiger charge is -2.33. The number of furan rings is 1. The first kappa shape index (κ1) is 16.4.